The Morgan fingerprint density at radius 2 is 1.96 bits per heavy atom. The SMILES string of the molecule is O=C(CN1CCCSc2ccccc21)N[C@@H]1CCCc2ccccc21. The molecule has 0 spiro atoms. The molecule has 3 nitrogen and oxygen atoms in total. The highest BCUT2D eigenvalue weighted by Gasteiger charge is 2.23. The molecule has 1 amide bonds. The van der Waals surface area contributed by atoms with Crippen LogP contribution in [0.25, 0.3) is 0 Å². The number of aryl methyl sites for hydroxylation is 1. The molecule has 0 bridgehead atoms. The van der Waals surface area contributed by atoms with Gasteiger partial charge in [-0.25, -0.2) is 0 Å². The number of carbonyl (C=O) groups is 1. The predicted octanol–water partition coefficient (Wildman–Crippen LogP) is 4.18. The summed E-state index contributed by atoms with van der Waals surface area (Å²) in [7, 11) is 0. The summed E-state index contributed by atoms with van der Waals surface area (Å²) in [5.41, 5.74) is 3.88. The Balaban J connectivity index is 1.47. The number of hydrogen-bond donors (Lipinski definition) is 1. The quantitative estimate of drug-likeness (QED) is 0.899. The molecule has 130 valence electrons. The number of carbonyl (C=O) groups excluding carboxylic acids is 1. The molecule has 1 aliphatic carbocycles. The number of nitrogens with zero attached hydrogens (tertiary/aromatic N) is 1. The highest BCUT2D eigenvalue weighted by molar-refractivity contribution is 7.99. The maximum Gasteiger partial charge on any atom is 0.240 e. The van der Waals surface area contributed by atoms with Crippen LogP contribution >= 0.6 is 11.8 Å². The monoisotopic (exact) mass is 352 g/mol. The van der Waals surface area contributed by atoms with Crippen LogP contribution in [0.5, 0.6) is 0 Å². The van der Waals surface area contributed by atoms with Gasteiger partial charge < -0.3 is 10.2 Å². The first kappa shape index (κ1) is 16.5. The van der Waals surface area contributed by atoms with Gasteiger partial charge in [0.1, 0.15) is 0 Å². The zero-order chi connectivity index (χ0) is 17.1. The summed E-state index contributed by atoms with van der Waals surface area (Å²) in [5, 5.41) is 3.29. The lowest BCUT2D eigenvalue weighted by Gasteiger charge is -2.29. The minimum atomic E-state index is 0.128. The van der Waals surface area contributed by atoms with Crippen molar-refractivity contribution in [3.05, 3.63) is 59.7 Å². The molecule has 1 aliphatic heterocycles. The van der Waals surface area contributed by atoms with Crippen LogP contribution in [0.15, 0.2) is 53.4 Å². The minimum Gasteiger partial charge on any atom is -0.361 e. The number of para-hydroxylation sites is 1. The first-order valence-corrected chi connectivity index (χ1v) is 10.1. The number of fused-ring (bicyclic) bond motifs is 2. The van der Waals surface area contributed by atoms with Crippen LogP contribution in [0.4, 0.5) is 5.69 Å². The topological polar surface area (TPSA) is 32.3 Å². The fraction of sp³-hybridized carbons (Fsp3) is 0.381. The third-order valence-electron chi connectivity index (χ3n) is 5.07. The third-order valence-corrected chi connectivity index (χ3v) is 6.22. The Labute approximate surface area is 153 Å². The second-order valence-corrected chi connectivity index (χ2v) is 7.94. The molecule has 2 aromatic rings. The maximum absolute atomic E-state index is 12.8. The second-order valence-electron chi connectivity index (χ2n) is 6.80. The molecule has 0 saturated heterocycles. The van der Waals surface area contributed by atoms with Gasteiger partial charge in [-0.15, -0.1) is 11.8 Å². The van der Waals surface area contributed by atoms with Crippen LogP contribution in [-0.2, 0) is 11.2 Å². The van der Waals surface area contributed by atoms with E-state index >= 15 is 0 Å². The third kappa shape index (κ3) is 3.69. The molecule has 0 fully saturated rings. The maximum atomic E-state index is 12.8. The van der Waals surface area contributed by atoms with Crippen LogP contribution < -0.4 is 10.2 Å². The first-order chi connectivity index (χ1) is 12.3. The lowest BCUT2D eigenvalue weighted by molar-refractivity contribution is -0.120. The van der Waals surface area contributed by atoms with Crippen LogP contribution in [0.2, 0.25) is 0 Å². The molecule has 25 heavy (non-hydrogen) atoms. The normalized spacial score (nSPS) is 19.5. The van der Waals surface area contributed by atoms with Crippen molar-refractivity contribution in [2.45, 2.75) is 36.6 Å². The number of nitrogens with one attached hydrogen (secondary N) is 1. The van der Waals surface area contributed by atoms with Crippen molar-refractivity contribution in [2.24, 2.45) is 0 Å². The molecule has 0 radical (unpaired) electrons. The largest absolute Gasteiger partial charge is 0.361 e. The van der Waals surface area contributed by atoms with E-state index in [1.54, 1.807) is 0 Å². The van der Waals surface area contributed by atoms with E-state index in [0.717, 1.165) is 38.0 Å². The van der Waals surface area contributed by atoms with Crippen LogP contribution in [0.1, 0.15) is 36.4 Å². The molecule has 0 saturated carbocycles. The van der Waals surface area contributed by atoms with E-state index in [1.807, 2.05) is 11.8 Å². The fourth-order valence-electron chi connectivity index (χ4n) is 3.88. The summed E-state index contributed by atoms with van der Waals surface area (Å²) in [6, 6.07) is 17.1. The molecular formula is C21H24N2OS. The van der Waals surface area contributed by atoms with Gasteiger partial charge in [0.05, 0.1) is 18.3 Å². The van der Waals surface area contributed by atoms with Gasteiger partial charge in [-0.2, -0.15) is 0 Å². The minimum absolute atomic E-state index is 0.128. The number of rotatable bonds is 3. The molecule has 4 rings (SSSR count). The Morgan fingerprint density at radius 3 is 2.92 bits per heavy atom. The number of thioether (sulfide) groups is 1. The molecule has 1 N–H and O–H groups in total. The summed E-state index contributed by atoms with van der Waals surface area (Å²) in [4.78, 5) is 16.3. The van der Waals surface area contributed by atoms with Crippen molar-refractivity contribution in [3.8, 4) is 0 Å². The van der Waals surface area contributed by atoms with Gasteiger partial charge in [-0.3, -0.25) is 4.79 Å². The Morgan fingerprint density at radius 1 is 1.12 bits per heavy atom. The summed E-state index contributed by atoms with van der Waals surface area (Å²) < 4.78 is 0. The van der Waals surface area contributed by atoms with E-state index in [1.165, 1.54) is 21.7 Å². The molecule has 2 aromatic carbocycles. The molecule has 2 aliphatic rings. The van der Waals surface area contributed by atoms with Gasteiger partial charge in [0.25, 0.3) is 0 Å². The molecular weight excluding hydrogens is 328 g/mol. The summed E-state index contributed by atoms with van der Waals surface area (Å²) in [5.74, 6) is 1.24. The van der Waals surface area contributed by atoms with Gasteiger partial charge in [-0.1, -0.05) is 36.4 Å². The van der Waals surface area contributed by atoms with Gasteiger partial charge in [0, 0.05) is 11.4 Å². The highest BCUT2D eigenvalue weighted by atomic mass is 32.2. The van der Waals surface area contributed by atoms with Gasteiger partial charge >= 0.3 is 0 Å². The van der Waals surface area contributed by atoms with Crippen LogP contribution in [0.3, 0.4) is 0 Å². The van der Waals surface area contributed by atoms with Crippen LogP contribution in [0, 0.1) is 0 Å². The molecule has 1 heterocycles. The molecule has 4 heteroatoms. The highest BCUT2D eigenvalue weighted by Crippen LogP contribution is 2.33. The van der Waals surface area contributed by atoms with Gasteiger partial charge in [0.15, 0.2) is 0 Å². The second kappa shape index (κ2) is 7.52. The molecule has 0 aromatic heterocycles. The van der Waals surface area contributed by atoms with Crippen LogP contribution in [-0.4, -0.2) is 24.7 Å². The lowest BCUT2D eigenvalue weighted by atomic mass is 9.88. The van der Waals surface area contributed by atoms with E-state index in [2.05, 4.69) is 58.7 Å². The zero-order valence-corrected chi connectivity index (χ0v) is 15.2. The molecule has 1 atom stereocenters. The average Bonchev–Trinajstić information content (AvgIpc) is 2.85. The number of anilines is 1. The van der Waals surface area contributed by atoms with E-state index in [9.17, 15) is 4.79 Å². The average molecular weight is 353 g/mol. The van der Waals surface area contributed by atoms with E-state index < -0.39 is 0 Å². The van der Waals surface area contributed by atoms with Gasteiger partial charge in [-0.05, 0) is 54.7 Å². The standard InChI is InChI=1S/C21H24N2OS/c24-21(22-18-10-5-8-16-7-1-2-9-17(16)18)15-23-13-6-14-25-20-12-4-3-11-19(20)23/h1-4,7,9,11-12,18H,5-6,8,10,13-15H2,(H,22,24)/t18-/m1/s1. The Hall–Kier alpha value is -1.94. The van der Waals surface area contributed by atoms with Gasteiger partial charge in [0.2, 0.25) is 5.91 Å². The van der Waals surface area contributed by atoms with Crippen molar-refractivity contribution in [1.29, 1.82) is 0 Å². The summed E-state index contributed by atoms with van der Waals surface area (Å²) in [6.07, 6.45) is 4.42. The van der Waals surface area contributed by atoms with E-state index in [0.29, 0.717) is 6.54 Å². The number of hydrogen-bond acceptors (Lipinski definition) is 3. The van der Waals surface area contributed by atoms with E-state index in [4.69, 9.17) is 0 Å². The van der Waals surface area contributed by atoms with Crippen molar-refractivity contribution < 1.29 is 4.79 Å². The smallest absolute Gasteiger partial charge is 0.240 e. The zero-order valence-electron chi connectivity index (χ0n) is 14.4. The summed E-state index contributed by atoms with van der Waals surface area (Å²) in [6.45, 7) is 1.38. The lowest BCUT2D eigenvalue weighted by Crippen LogP contribution is -2.40. The Bertz CT molecular complexity index is 761. The van der Waals surface area contributed by atoms with Crippen molar-refractivity contribution in [1.82, 2.24) is 5.32 Å². The van der Waals surface area contributed by atoms with E-state index in [-0.39, 0.29) is 11.9 Å². The molecule has 0 unspecified atom stereocenters. The fourth-order valence-corrected chi connectivity index (χ4v) is 4.89. The first-order valence-electron chi connectivity index (χ1n) is 9.15. The number of benzene rings is 2. The van der Waals surface area contributed by atoms with Crippen molar-refractivity contribution in [2.75, 3.05) is 23.7 Å². The summed E-state index contributed by atoms with van der Waals surface area (Å²) >= 11 is 1.89. The Kier molecular flexibility index (Phi) is 4.97. The number of amides is 1. The van der Waals surface area contributed by atoms with Crippen molar-refractivity contribution >= 4 is 23.4 Å². The predicted molar refractivity (Wildman–Crippen MR) is 104 cm³/mol. The van der Waals surface area contributed by atoms with Crippen molar-refractivity contribution in [3.63, 3.8) is 0 Å².